The first kappa shape index (κ1) is 43.3. The lowest BCUT2D eigenvalue weighted by Crippen LogP contribution is -2.63. The minimum absolute atomic E-state index is 0.0376. The average Bonchev–Trinajstić information content (AvgIpc) is 3.42. The van der Waals surface area contributed by atoms with Crippen LogP contribution >= 0.6 is 0 Å². The Kier molecular flexibility index (Phi) is 13.1. The van der Waals surface area contributed by atoms with Crippen molar-refractivity contribution in [1.29, 1.82) is 0 Å². The quantitative estimate of drug-likeness (QED) is 0.144. The molecule has 2 heterocycles. The Morgan fingerprint density at radius 2 is 1.71 bits per heavy atom. The van der Waals surface area contributed by atoms with Gasteiger partial charge in [-0.3, -0.25) is 24.2 Å². The predicted octanol–water partition coefficient (Wildman–Crippen LogP) is 3.78. The number of rotatable bonds is 16. The van der Waals surface area contributed by atoms with E-state index in [1.807, 2.05) is 27.7 Å². The van der Waals surface area contributed by atoms with Gasteiger partial charge in [-0.2, -0.15) is 4.31 Å². The molecule has 0 spiro atoms. The van der Waals surface area contributed by atoms with Gasteiger partial charge in [0, 0.05) is 45.1 Å². The molecule has 3 saturated carbocycles. The maximum atomic E-state index is 15.0. The molecule has 15 heteroatoms. The highest BCUT2D eigenvalue weighted by Crippen LogP contribution is 2.65. The average molecular weight is 798 g/mol. The molecule has 1 unspecified atom stereocenters. The van der Waals surface area contributed by atoms with E-state index in [4.69, 9.17) is 0 Å². The third-order valence-electron chi connectivity index (χ3n) is 13.2. The molecule has 310 valence electrons. The van der Waals surface area contributed by atoms with Gasteiger partial charge in [0.05, 0.1) is 6.04 Å². The number of piperidine rings is 1. The summed E-state index contributed by atoms with van der Waals surface area (Å²) >= 11 is 0. The van der Waals surface area contributed by atoms with Gasteiger partial charge in [0.25, 0.3) is 5.91 Å². The SMILES string of the molecule is C=CCNC(=O)C(=O)C(CC1CCC1)NC(=O)[C@@H]1[C@@H]2[C@H](CN1C(=O)[C@@H](NC(=O)N[C@H](CN(C)S(=O)(=O)c1cccnc1)C(C)(C)C)C1(C)CCCCC1)C2(C)C. The second-order valence-electron chi connectivity index (χ2n) is 18.5. The number of nitrogens with zero attached hydrogens (tertiary/aromatic N) is 3. The maximum absolute atomic E-state index is 15.0. The standard InChI is InChI=1S/C41H63N7O7S/c1-9-20-43-36(51)33(49)29(22-26-15-13-16-26)44-35(50)32-31-28(40(31,5)6)24-48(32)37(52)34(41(7)18-11-10-12-19-41)46-38(53)45-30(39(2,3)4)25-47(8)56(54,55)27-17-14-21-42-23-27/h9,14,17,21,23,26,28-32,34H,1,10-13,15-16,18-20,22,24-25H2,2-8H3,(H,43,51)(H,44,50)(H2,45,46,53)/t28-,29?,30+,31-,32-,34+/m0/s1. The largest absolute Gasteiger partial charge is 0.346 e. The van der Waals surface area contributed by atoms with Crippen LogP contribution in [0.3, 0.4) is 0 Å². The third-order valence-corrected chi connectivity index (χ3v) is 15.0. The number of likely N-dealkylation sites (N-methyl/N-ethyl adjacent to an activating group) is 1. The fourth-order valence-electron chi connectivity index (χ4n) is 9.02. The topological polar surface area (TPSA) is 187 Å². The molecule has 0 aromatic carbocycles. The molecular weight excluding hydrogens is 735 g/mol. The molecule has 0 radical (unpaired) electrons. The van der Waals surface area contributed by atoms with Gasteiger partial charge < -0.3 is 26.2 Å². The fraction of sp³-hybridized carbons (Fsp3) is 0.707. The molecule has 0 bridgehead atoms. The van der Waals surface area contributed by atoms with Crippen LogP contribution in [0, 0.1) is 34.0 Å². The first-order valence-electron chi connectivity index (χ1n) is 20.2. The monoisotopic (exact) mass is 797 g/mol. The summed E-state index contributed by atoms with van der Waals surface area (Å²) in [4.78, 5) is 75.2. The Hall–Kier alpha value is -3.85. The summed E-state index contributed by atoms with van der Waals surface area (Å²) in [5, 5.41) is 11.5. The number of fused-ring (bicyclic) bond motifs is 1. The van der Waals surface area contributed by atoms with E-state index in [0.29, 0.717) is 25.8 Å². The third kappa shape index (κ3) is 9.30. The summed E-state index contributed by atoms with van der Waals surface area (Å²) in [6, 6.07) is -1.13. The van der Waals surface area contributed by atoms with E-state index in [2.05, 4.69) is 46.7 Å². The normalized spacial score (nSPS) is 24.4. The van der Waals surface area contributed by atoms with Gasteiger partial charge in [-0.25, -0.2) is 13.2 Å². The van der Waals surface area contributed by atoms with Crippen LogP contribution in [-0.2, 0) is 29.2 Å². The molecule has 1 saturated heterocycles. The van der Waals surface area contributed by atoms with Gasteiger partial charge in [-0.1, -0.05) is 86.1 Å². The Balaban J connectivity index is 1.38. The Bertz CT molecular complexity index is 1750. The lowest BCUT2D eigenvalue weighted by molar-refractivity contribution is -0.146. The predicted molar refractivity (Wildman–Crippen MR) is 212 cm³/mol. The lowest BCUT2D eigenvalue weighted by Gasteiger charge is -2.43. The highest BCUT2D eigenvalue weighted by Gasteiger charge is 2.70. The van der Waals surface area contributed by atoms with Crippen LogP contribution in [0.4, 0.5) is 4.79 Å². The Morgan fingerprint density at radius 3 is 2.29 bits per heavy atom. The zero-order valence-corrected chi connectivity index (χ0v) is 35.0. The number of pyridine rings is 1. The van der Waals surface area contributed by atoms with E-state index >= 15 is 0 Å². The summed E-state index contributed by atoms with van der Waals surface area (Å²) in [7, 11) is -2.45. The minimum Gasteiger partial charge on any atom is -0.346 e. The van der Waals surface area contributed by atoms with Gasteiger partial charge in [0.15, 0.2) is 0 Å². The number of Topliss-reactive ketones (excluding diaryl/α,β-unsaturated/α-hetero) is 1. The smallest absolute Gasteiger partial charge is 0.315 e. The Morgan fingerprint density at radius 1 is 1.04 bits per heavy atom. The van der Waals surface area contributed by atoms with Crippen LogP contribution < -0.4 is 21.3 Å². The molecule has 4 fully saturated rings. The van der Waals surface area contributed by atoms with E-state index in [1.54, 1.807) is 11.0 Å². The number of hydrogen-bond donors (Lipinski definition) is 4. The van der Waals surface area contributed by atoms with Crippen LogP contribution in [0.1, 0.15) is 99.3 Å². The number of likely N-dealkylation sites (tertiary alicyclic amines) is 1. The van der Waals surface area contributed by atoms with Gasteiger partial charge in [-0.05, 0) is 65.4 Å². The van der Waals surface area contributed by atoms with Crippen molar-refractivity contribution in [3.05, 3.63) is 37.2 Å². The van der Waals surface area contributed by atoms with Crippen LogP contribution in [0.5, 0.6) is 0 Å². The van der Waals surface area contributed by atoms with Crippen molar-refractivity contribution in [2.45, 2.75) is 128 Å². The molecule has 1 aromatic heterocycles. The van der Waals surface area contributed by atoms with Gasteiger partial charge in [0.1, 0.15) is 17.0 Å². The van der Waals surface area contributed by atoms with E-state index < -0.39 is 68.6 Å². The number of urea groups is 1. The van der Waals surface area contributed by atoms with Crippen LogP contribution in [0.15, 0.2) is 42.1 Å². The van der Waals surface area contributed by atoms with E-state index in [-0.39, 0.29) is 47.1 Å². The molecular formula is C41H63N7O7S. The summed E-state index contributed by atoms with van der Waals surface area (Å²) < 4.78 is 28.0. The molecule has 5 rings (SSSR count). The van der Waals surface area contributed by atoms with Crippen molar-refractivity contribution in [2.75, 3.05) is 26.7 Å². The van der Waals surface area contributed by atoms with Crippen molar-refractivity contribution >= 4 is 39.6 Å². The zero-order valence-electron chi connectivity index (χ0n) is 34.2. The van der Waals surface area contributed by atoms with Gasteiger partial charge >= 0.3 is 6.03 Å². The molecule has 56 heavy (non-hydrogen) atoms. The molecule has 1 aliphatic heterocycles. The first-order valence-corrected chi connectivity index (χ1v) is 21.6. The highest BCUT2D eigenvalue weighted by molar-refractivity contribution is 7.89. The minimum atomic E-state index is -3.90. The molecule has 4 N–H and O–H groups in total. The molecule has 1 aromatic rings. The maximum Gasteiger partial charge on any atom is 0.315 e. The number of nitrogens with one attached hydrogen (secondary N) is 4. The number of carbonyl (C=O) groups excluding carboxylic acids is 5. The zero-order chi connectivity index (χ0) is 41.2. The second kappa shape index (κ2) is 16.9. The molecule has 5 amide bonds. The van der Waals surface area contributed by atoms with Gasteiger partial charge in [0.2, 0.25) is 27.6 Å². The van der Waals surface area contributed by atoms with Crippen LogP contribution in [0.2, 0.25) is 0 Å². The van der Waals surface area contributed by atoms with E-state index in [0.717, 1.165) is 38.5 Å². The summed E-state index contributed by atoms with van der Waals surface area (Å²) in [5.74, 6) is -2.21. The number of amides is 5. The summed E-state index contributed by atoms with van der Waals surface area (Å²) in [6.07, 6.45) is 11.6. The van der Waals surface area contributed by atoms with Crippen molar-refractivity contribution in [3.8, 4) is 0 Å². The number of hydrogen-bond acceptors (Lipinski definition) is 8. The van der Waals surface area contributed by atoms with Crippen molar-refractivity contribution in [3.63, 3.8) is 0 Å². The molecule has 3 aliphatic carbocycles. The summed E-state index contributed by atoms with van der Waals surface area (Å²) in [6.45, 7) is 15.9. The number of aromatic nitrogens is 1. The van der Waals surface area contributed by atoms with Crippen LogP contribution in [0.25, 0.3) is 0 Å². The first-order chi connectivity index (χ1) is 26.2. The summed E-state index contributed by atoms with van der Waals surface area (Å²) in [5.41, 5.74) is -1.41. The van der Waals surface area contributed by atoms with Crippen LogP contribution in [-0.4, -0.2) is 103 Å². The van der Waals surface area contributed by atoms with Crippen molar-refractivity contribution < 1.29 is 32.4 Å². The molecule has 6 atom stereocenters. The number of ketones is 1. The highest BCUT2D eigenvalue weighted by atomic mass is 32.2. The fourth-order valence-corrected chi connectivity index (χ4v) is 10.2. The second-order valence-corrected chi connectivity index (χ2v) is 20.5. The van der Waals surface area contributed by atoms with Crippen molar-refractivity contribution in [1.82, 2.24) is 35.5 Å². The Labute approximate surface area is 332 Å². The lowest BCUT2D eigenvalue weighted by atomic mass is 9.70. The van der Waals surface area contributed by atoms with Crippen molar-refractivity contribution in [2.24, 2.45) is 34.0 Å². The number of sulfonamides is 1. The van der Waals surface area contributed by atoms with Gasteiger partial charge in [-0.15, -0.1) is 6.58 Å². The number of carbonyl (C=O) groups is 5. The molecule has 14 nitrogen and oxygen atoms in total. The van der Waals surface area contributed by atoms with E-state index in [9.17, 15) is 32.4 Å². The molecule has 4 aliphatic rings. The van der Waals surface area contributed by atoms with E-state index in [1.165, 1.54) is 35.9 Å².